The van der Waals surface area contributed by atoms with Gasteiger partial charge in [0.2, 0.25) is 5.91 Å². The minimum atomic E-state index is -5.00. The van der Waals surface area contributed by atoms with Crippen LogP contribution in [-0.2, 0) is 27.0 Å². The van der Waals surface area contributed by atoms with Gasteiger partial charge in [-0.05, 0) is 32.1 Å². The van der Waals surface area contributed by atoms with E-state index in [4.69, 9.17) is 21.1 Å². The predicted octanol–water partition coefficient (Wildman–Crippen LogP) is 5.72. The van der Waals surface area contributed by atoms with Gasteiger partial charge in [-0.25, -0.2) is 13.6 Å². The first-order valence-electron chi connectivity index (χ1n) is 13.5. The fourth-order valence-electron chi connectivity index (χ4n) is 5.88. The molecule has 2 aliphatic heterocycles. The van der Waals surface area contributed by atoms with E-state index < -0.39 is 63.4 Å². The maximum absolute atomic E-state index is 15.3. The normalized spacial score (nSPS) is 20.6. The summed E-state index contributed by atoms with van der Waals surface area (Å²) in [5.74, 6) is -2.60. The van der Waals surface area contributed by atoms with Gasteiger partial charge in [0.1, 0.15) is 24.2 Å². The van der Waals surface area contributed by atoms with Crippen molar-refractivity contribution in [3.63, 3.8) is 0 Å². The molecule has 3 atom stereocenters. The zero-order chi connectivity index (χ0) is 32.1. The third-order valence-electron chi connectivity index (χ3n) is 7.65. The molecule has 44 heavy (non-hydrogen) atoms. The molecule has 0 saturated carbocycles. The summed E-state index contributed by atoms with van der Waals surface area (Å²) in [6, 6.07) is 1.30. The molecule has 0 aliphatic carbocycles. The Labute approximate surface area is 258 Å². The molecule has 0 spiro atoms. The summed E-state index contributed by atoms with van der Waals surface area (Å²) < 4.78 is 85.9. The van der Waals surface area contributed by atoms with E-state index in [1.54, 1.807) is 23.6 Å². The lowest BCUT2D eigenvalue weighted by atomic mass is 9.95. The molecule has 1 saturated heterocycles. The van der Waals surface area contributed by atoms with Crippen LogP contribution in [0.3, 0.4) is 0 Å². The number of rotatable bonds is 6. The number of nitrogens with zero attached hydrogens (tertiary/aromatic N) is 4. The first-order valence-corrected chi connectivity index (χ1v) is 14.9. The molecule has 1 unspecified atom stereocenters. The zero-order valence-electron chi connectivity index (χ0n) is 23.9. The molecule has 1 amide bonds. The van der Waals surface area contributed by atoms with Gasteiger partial charge in [-0.15, -0.1) is 11.8 Å². The van der Waals surface area contributed by atoms with Crippen LogP contribution in [0.15, 0.2) is 40.5 Å². The van der Waals surface area contributed by atoms with E-state index in [-0.39, 0.29) is 59.7 Å². The van der Waals surface area contributed by atoms with Crippen molar-refractivity contribution in [3.05, 3.63) is 63.6 Å². The van der Waals surface area contributed by atoms with Gasteiger partial charge in [-0.2, -0.15) is 18.2 Å². The highest BCUT2D eigenvalue weighted by Gasteiger charge is 2.40. The van der Waals surface area contributed by atoms with E-state index in [1.807, 2.05) is 0 Å². The van der Waals surface area contributed by atoms with Crippen LogP contribution in [-0.4, -0.2) is 71.3 Å². The molecule has 8 nitrogen and oxygen atoms in total. The Morgan fingerprint density at radius 3 is 2.45 bits per heavy atom. The van der Waals surface area contributed by atoms with Gasteiger partial charge < -0.3 is 19.3 Å². The number of ether oxygens (including phenoxy) is 2. The second kappa shape index (κ2) is 12.3. The van der Waals surface area contributed by atoms with Crippen LogP contribution in [0.1, 0.15) is 19.4 Å². The quantitative estimate of drug-likeness (QED) is 0.145. The predicted molar refractivity (Wildman–Crippen MR) is 157 cm³/mol. The fraction of sp³-hybridized carbons (Fsp3) is 0.414. The second-order valence-corrected chi connectivity index (χ2v) is 12.1. The van der Waals surface area contributed by atoms with Gasteiger partial charge in [0.05, 0.1) is 28.8 Å². The van der Waals surface area contributed by atoms with Crippen molar-refractivity contribution in [3.8, 4) is 11.1 Å². The van der Waals surface area contributed by atoms with E-state index in [0.29, 0.717) is 6.07 Å². The van der Waals surface area contributed by atoms with Gasteiger partial charge in [0.15, 0.2) is 0 Å². The Bertz CT molecular complexity index is 1690. The van der Waals surface area contributed by atoms with Crippen molar-refractivity contribution in [2.75, 3.05) is 37.6 Å². The molecule has 3 heterocycles. The number of aromatic nitrogens is 2. The third-order valence-corrected chi connectivity index (χ3v) is 9.17. The Kier molecular flexibility index (Phi) is 9.00. The second-order valence-electron chi connectivity index (χ2n) is 10.7. The number of piperazine rings is 1. The van der Waals surface area contributed by atoms with Crippen LogP contribution in [0.25, 0.3) is 22.0 Å². The van der Waals surface area contributed by atoms with Crippen LogP contribution in [0.2, 0.25) is 5.02 Å². The molecule has 5 rings (SSSR count). The first kappa shape index (κ1) is 32.2. The van der Waals surface area contributed by atoms with Gasteiger partial charge in [0, 0.05) is 65.5 Å². The van der Waals surface area contributed by atoms with Crippen LogP contribution in [0, 0.1) is 11.6 Å². The van der Waals surface area contributed by atoms with Crippen LogP contribution >= 0.6 is 23.4 Å². The summed E-state index contributed by atoms with van der Waals surface area (Å²) >= 11 is 6.88. The lowest BCUT2D eigenvalue weighted by molar-refractivity contribution is -0.137. The van der Waals surface area contributed by atoms with E-state index in [1.165, 1.54) is 17.8 Å². The highest BCUT2D eigenvalue weighted by atomic mass is 35.5. The Hall–Kier alpha value is -3.20. The topological polar surface area (TPSA) is 76.9 Å². The summed E-state index contributed by atoms with van der Waals surface area (Å²) in [4.78, 5) is 33.6. The van der Waals surface area contributed by atoms with Crippen LogP contribution < -0.4 is 10.6 Å². The number of halogens is 6. The zero-order valence-corrected chi connectivity index (χ0v) is 25.5. The monoisotopic (exact) mass is 658 g/mol. The van der Waals surface area contributed by atoms with Crippen molar-refractivity contribution >= 4 is 46.0 Å². The number of anilines is 1. The van der Waals surface area contributed by atoms with Crippen LogP contribution in [0.5, 0.6) is 0 Å². The molecule has 236 valence electrons. The minimum absolute atomic E-state index is 0.00146. The maximum Gasteiger partial charge on any atom is 0.417 e. The SMILES string of the molecule is C=CC(=O)N1[C@H](C)CN(c2nc(=O)n3c4c(c(-c5cc(Cl)c(F)cc5F)c(C(F)(F)F)cc24)SCC(OCOC)C3)C[C@@H]1C. The minimum Gasteiger partial charge on any atom is -0.359 e. The molecular formula is C29H28ClF5N4O4S. The number of alkyl halides is 3. The number of thioether (sulfide) groups is 1. The number of methoxy groups -OCH3 is 1. The van der Waals surface area contributed by atoms with Crippen LogP contribution in [0.4, 0.5) is 27.8 Å². The summed E-state index contributed by atoms with van der Waals surface area (Å²) in [6.45, 7) is 7.22. The third kappa shape index (κ3) is 5.80. The smallest absolute Gasteiger partial charge is 0.359 e. The summed E-state index contributed by atoms with van der Waals surface area (Å²) in [6.07, 6.45) is -4.49. The lowest BCUT2D eigenvalue weighted by Crippen LogP contribution is -2.58. The van der Waals surface area contributed by atoms with Crippen molar-refractivity contribution < 1.29 is 36.2 Å². The number of amides is 1. The van der Waals surface area contributed by atoms with E-state index in [9.17, 15) is 27.2 Å². The molecule has 1 aromatic heterocycles. The largest absolute Gasteiger partial charge is 0.417 e. The average molecular weight is 659 g/mol. The van der Waals surface area contributed by atoms with Gasteiger partial charge in [0.25, 0.3) is 0 Å². The molecule has 0 N–H and O–H groups in total. The molecule has 15 heteroatoms. The standard InChI is InChI=1S/C29H28ClF5N4O4S/c1-5-23(40)39-14(2)9-37(10-15(39)3)27-18-6-19(29(33,34)35)24(17-7-20(30)22(32)8-21(17)31)26-25(18)38(28(41)36-27)11-16(12-44-26)43-13-42-4/h5-8,14-16H,1,9-13H2,2-4H3/t14-,15+,16?. The number of hydrogen-bond donors (Lipinski definition) is 0. The van der Waals surface area contributed by atoms with E-state index in [2.05, 4.69) is 11.6 Å². The molecule has 2 aliphatic rings. The Morgan fingerprint density at radius 1 is 1.16 bits per heavy atom. The Morgan fingerprint density at radius 2 is 1.84 bits per heavy atom. The number of hydrogen-bond acceptors (Lipinski definition) is 7. The molecular weight excluding hydrogens is 631 g/mol. The van der Waals surface area contributed by atoms with Crippen molar-refractivity contribution in [2.45, 2.75) is 49.7 Å². The average Bonchev–Trinajstić information content (AvgIpc) is 3.15. The molecule has 0 bridgehead atoms. The maximum atomic E-state index is 15.3. The number of carbonyl (C=O) groups excluding carboxylic acids is 1. The molecule has 1 fully saturated rings. The Balaban J connectivity index is 1.83. The van der Waals surface area contributed by atoms with Gasteiger partial charge >= 0.3 is 11.9 Å². The highest BCUT2D eigenvalue weighted by molar-refractivity contribution is 7.99. The molecule has 2 aromatic carbocycles. The van der Waals surface area contributed by atoms with E-state index >= 15 is 4.39 Å². The molecule has 0 radical (unpaired) electrons. The highest BCUT2D eigenvalue weighted by Crippen LogP contribution is 2.49. The van der Waals surface area contributed by atoms with Crippen molar-refractivity contribution in [2.24, 2.45) is 0 Å². The molecule has 3 aromatic rings. The first-order chi connectivity index (χ1) is 20.8. The van der Waals surface area contributed by atoms with Crippen molar-refractivity contribution in [1.29, 1.82) is 0 Å². The van der Waals surface area contributed by atoms with E-state index in [0.717, 1.165) is 23.9 Å². The number of benzene rings is 2. The van der Waals surface area contributed by atoms with Crippen molar-refractivity contribution in [1.82, 2.24) is 14.5 Å². The summed E-state index contributed by atoms with van der Waals surface area (Å²) in [7, 11) is 1.40. The fourth-order valence-corrected chi connectivity index (χ4v) is 7.32. The summed E-state index contributed by atoms with van der Waals surface area (Å²) in [5, 5.41) is -0.559. The lowest BCUT2D eigenvalue weighted by Gasteiger charge is -2.44. The number of carbonyl (C=O) groups is 1. The summed E-state index contributed by atoms with van der Waals surface area (Å²) in [5.41, 5.74) is -3.01. The van der Waals surface area contributed by atoms with Gasteiger partial charge in [-0.1, -0.05) is 18.2 Å². The van der Waals surface area contributed by atoms with Gasteiger partial charge in [-0.3, -0.25) is 9.36 Å².